The van der Waals surface area contributed by atoms with Crippen molar-refractivity contribution >= 4 is 17.6 Å². The third kappa shape index (κ3) is 6.09. The Morgan fingerprint density at radius 1 is 0.971 bits per heavy atom. The number of nitrogens with zero attached hydrogens (tertiary/aromatic N) is 3. The number of benzene rings is 2. The van der Waals surface area contributed by atoms with E-state index in [9.17, 15) is 9.59 Å². The lowest BCUT2D eigenvalue weighted by atomic mass is 9.96. The second-order valence-electron chi connectivity index (χ2n) is 9.18. The number of piperidine rings is 1. The lowest BCUT2D eigenvalue weighted by molar-refractivity contribution is -0.149. The fraction of sp³-hybridized carbons (Fsp3) is 0.464. The number of hydrazone groups is 1. The van der Waals surface area contributed by atoms with Gasteiger partial charge in [-0.25, -0.2) is 5.01 Å². The smallest absolute Gasteiger partial charge is 0.309 e. The summed E-state index contributed by atoms with van der Waals surface area (Å²) in [5.74, 6) is 0.591. The van der Waals surface area contributed by atoms with Crippen molar-refractivity contribution in [2.24, 2.45) is 11.0 Å². The van der Waals surface area contributed by atoms with E-state index in [0.29, 0.717) is 45.6 Å². The van der Waals surface area contributed by atoms with E-state index in [1.807, 2.05) is 38.1 Å². The maximum absolute atomic E-state index is 13.5. The van der Waals surface area contributed by atoms with E-state index in [0.717, 1.165) is 22.6 Å². The zero-order chi connectivity index (χ0) is 24.8. The number of ether oxygens (including phenoxy) is 2. The number of carbonyl (C=O) groups excluding carboxylic acids is 2. The molecule has 2 heterocycles. The van der Waals surface area contributed by atoms with E-state index < -0.39 is 0 Å². The van der Waals surface area contributed by atoms with Crippen LogP contribution in [0.25, 0.3) is 0 Å². The first-order valence-electron chi connectivity index (χ1n) is 12.6. The van der Waals surface area contributed by atoms with E-state index in [4.69, 9.17) is 14.6 Å². The Morgan fingerprint density at radius 3 is 2.29 bits per heavy atom. The summed E-state index contributed by atoms with van der Waals surface area (Å²) < 4.78 is 10.8. The van der Waals surface area contributed by atoms with Crippen LogP contribution in [-0.4, -0.2) is 60.3 Å². The molecule has 4 rings (SSSR count). The van der Waals surface area contributed by atoms with Crippen LogP contribution < -0.4 is 4.74 Å². The molecule has 0 radical (unpaired) electrons. The van der Waals surface area contributed by atoms with Crippen LogP contribution in [0.5, 0.6) is 5.75 Å². The first kappa shape index (κ1) is 24.9. The van der Waals surface area contributed by atoms with Gasteiger partial charge in [-0.1, -0.05) is 42.0 Å². The highest BCUT2D eigenvalue weighted by Gasteiger charge is 2.35. The molecule has 2 aromatic rings. The van der Waals surface area contributed by atoms with Crippen LogP contribution in [0, 0.1) is 12.8 Å². The van der Waals surface area contributed by atoms with Crippen molar-refractivity contribution in [1.82, 2.24) is 9.91 Å². The van der Waals surface area contributed by atoms with Gasteiger partial charge < -0.3 is 9.47 Å². The van der Waals surface area contributed by atoms with Gasteiger partial charge in [-0.05, 0) is 70.0 Å². The lowest BCUT2D eigenvalue weighted by Crippen LogP contribution is -2.43. The van der Waals surface area contributed by atoms with Crippen molar-refractivity contribution < 1.29 is 19.1 Å². The topological polar surface area (TPSA) is 71.4 Å². The summed E-state index contributed by atoms with van der Waals surface area (Å²) in [6.45, 7) is 8.55. The molecule has 0 saturated carbocycles. The van der Waals surface area contributed by atoms with Gasteiger partial charge in [0.15, 0.2) is 0 Å². The fourth-order valence-electron chi connectivity index (χ4n) is 4.72. The number of hydrogen-bond acceptors (Lipinski definition) is 6. The molecule has 1 unspecified atom stereocenters. The second-order valence-corrected chi connectivity index (χ2v) is 9.18. The molecule has 0 bridgehead atoms. The Kier molecular flexibility index (Phi) is 8.18. The largest absolute Gasteiger partial charge is 0.494 e. The standard InChI is InChI=1S/C28H35N3O4/c1-4-34-24-12-10-22(11-13-24)26-18-25(21-8-6-20(3)7-9-21)29-31(26)27(32)19-30-16-14-23(15-17-30)28(33)35-5-2/h6-13,23,26H,4-5,14-19H2,1-3H3. The molecule has 186 valence electrons. The predicted octanol–water partition coefficient (Wildman–Crippen LogP) is 4.35. The Labute approximate surface area is 207 Å². The minimum atomic E-state index is -0.161. The highest BCUT2D eigenvalue weighted by molar-refractivity contribution is 6.03. The minimum absolute atomic E-state index is 0.0272. The Balaban J connectivity index is 1.48. The molecule has 1 saturated heterocycles. The van der Waals surface area contributed by atoms with E-state index in [2.05, 4.69) is 36.1 Å². The van der Waals surface area contributed by atoms with Crippen LogP contribution >= 0.6 is 0 Å². The molecule has 35 heavy (non-hydrogen) atoms. The number of hydrogen-bond donors (Lipinski definition) is 0. The molecule has 0 aromatic heterocycles. The van der Waals surface area contributed by atoms with E-state index >= 15 is 0 Å². The van der Waals surface area contributed by atoms with Gasteiger partial charge in [0.05, 0.1) is 37.4 Å². The van der Waals surface area contributed by atoms with E-state index in [-0.39, 0.29) is 30.4 Å². The maximum atomic E-state index is 13.5. The van der Waals surface area contributed by atoms with Crippen LogP contribution in [0.4, 0.5) is 0 Å². The summed E-state index contributed by atoms with van der Waals surface area (Å²) in [6.07, 6.45) is 2.09. The summed E-state index contributed by atoms with van der Waals surface area (Å²) in [5, 5.41) is 6.46. The van der Waals surface area contributed by atoms with E-state index in [1.54, 1.807) is 5.01 Å². The highest BCUT2D eigenvalue weighted by Crippen LogP contribution is 2.34. The molecule has 1 amide bonds. The van der Waals surface area contributed by atoms with Crippen molar-refractivity contribution in [3.63, 3.8) is 0 Å². The van der Waals surface area contributed by atoms with Gasteiger partial charge >= 0.3 is 5.97 Å². The number of aryl methyl sites for hydroxylation is 1. The normalized spacial score (nSPS) is 18.9. The number of rotatable bonds is 8. The fourth-order valence-corrected chi connectivity index (χ4v) is 4.72. The van der Waals surface area contributed by atoms with Gasteiger partial charge in [0, 0.05) is 6.42 Å². The number of amides is 1. The van der Waals surface area contributed by atoms with Crippen molar-refractivity contribution in [3.8, 4) is 5.75 Å². The van der Waals surface area contributed by atoms with Crippen molar-refractivity contribution in [2.45, 2.75) is 46.1 Å². The lowest BCUT2D eigenvalue weighted by Gasteiger charge is -2.32. The Morgan fingerprint density at radius 2 is 1.66 bits per heavy atom. The predicted molar refractivity (Wildman–Crippen MR) is 135 cm³/mol. The number of carbonyl (C=O) groups is 2. The monoisotopic (exact) mass is 477 g/mol. The summed E-state index contributed by atoms with van der Waals surface area (Å²) >= 11 is 0. The van der Waals surface area contributed by atoms with E-state index in [1.165, 1.54) is 5.56 Å². The molecular weight excluding hydrogens is 442 g/mol. The molecule has 0 spiro atoms. The molecule has 1 fully saturated rings. The minimum Gasteiger partial charge on any atom is -0.494 e. The summed E-state index contributed by atoms with van der Waals surface area (Å²) in [4.78, 5) is 27.6. The third-order valence-corrected chi connectivity index (χ3v) is 6.69. The number of esters is 1. The van der Waals surface area contributed by atoms with Crippen molar-refractivity contribution in [2.75, 3.05) is 32.8 Å². The molecule has 2 aliphatic heterocycles. The molecule has 0 aliphatic carbocycles. The van der Waals surface area contributed by atoms with Gasteiger partial charge in [0.1, 0.15) is 5.75 Å². The van der Waals surface area contributed by atoms with Gasteiger partial charge in [-0.15, -0.1) is 0 Å². The quantitative estimate of drug-likeness (QED) is 0.529. The average Bonchev–Trinajstić information content (AvgIpc) is 3.31. The second kappa shape index (κ2) is 11.5. The third-order valence-electron chi connectivity index (χ3n) is 6.69. The summed E-state index contributed by atoms with van der Waals surface area (Å²) in [7, 11) is 0. The Bertz CT molecular complexity index is 1040. The molecular formula is C28H35N3O4. The van der Waals surface area contributed by atoms with Crippen LogP contribution in [0.1, 0.15) is 55.8 Å². The summed E-state index contributed by atoms with van der Waals surface area (Å²) in [6, 6.07) is 16.1. The van der Waals surface area contributed by atoms with Gasteiger partial charge in [-0.2, -0.15) is 5.10 Å². The van der Waals surface area contributed by atoms with Crippen molar-refractivity contribution in [3.05, 3.63) is 65.2 Å². The first-order valence-corrected chi connectivity index (χ1v) is 12.6. The molecule has 7 nitrogen and oxygen atoms in total. The Hall–Kier alpha value is -3.19. The van der Waals surface area contributed by atoms with Crippen LogP contribution in [-0.2, 0) is 14.3 Å². The van der Waals surface area contributed by atoms with Gasteiger partial charge in [0.25, 0.3) is 5.91 Å². The van der Waals surface area contributed by atoms with Gasteiger partial charge in [-0.3, -0.25) is 14.5 Å². The average molecular weight is 478 g/mol. The van der Waals surface area contributed by atoms with Crippen LogP contribution in [0.15, 0.2) is 53.6 Å². The SMILES string of the molecule is CCOC(=O)C1CCN(CC(=O)N2N=C(c3ccc(C)cc3)CC2c2ccc(OCC)cc2)CC1. The summed E-state index contributed by atoms with van der Waals surface area (Å²) in [5.41, 5.74) is 4.18. The zero-order valence-electron chi connectivity index (χ0n) is 20.9. The van der Waals surface area contributed by atoms with Gasteiger partial charge in [0.2, 0.25) is 0 Å². The first-order chi connectivity index (χ1) is 17.0. The van der Waals surface area contributed by atoms with Crippen LogP contribution in [0.3, 0.4) is 0 Å². The highest BCUT2D eigenvalue weighted by atomic mass is 16.5. The van der Waals surface area contributed by atoms with Crippen molar-refractivity contribution in [1.29, 1.82) is 0 Å². The zero-order valence-corrected chi connectivity index (χ0v) is 20.9. The molecule has 0 N–H and O–H groups in total. The maximum Gasteiger partial charge on any atom is 0.309 e. The molecule has 2 aromatic carbocycles. The molecule has 1 atom stereocenters. The molecule has 7 heteroatoms. The molecule has 2 aliphatic rings. The van der Waals surface area contributed by atoms with Crippen LogP contribution in [0.2, 0.25) is 0 Å². The number of likely N-dealkylation sites (tertiary alicyclic amines) is 1.